The zero-order valence-corrected chi connectivity index (χ0v) is 16.9. The summed E-state index contributed by atoms with van der Waals surface area (Å²) in [5.41, 5.74) is 5.87. The van der Waals surface area contributed by atoms with E-state index < -0.39 is 11.3 Å². The van der Waals surface area contributed by atoms with Gasteiger partial charge in [-0.3, -0.25) is 9.59 Å². The molecule has 1 atom stereocenters. The highest BCUT2D eigenvalue weighted by atomic mass is 16.2. The molecule has 3 rings (SSSR count). The molecule has 1 aromatic rings. The molecule has 0 aromatic heterocycles. The van der Waals surface area contributed by atoms with Crippen molar-refractivity contribution in [3.05, 3.63) is 35.9 Å². The number of carbonyl (C=O) groups excluding carboxylic acids is 2. The van der Waals surface area contributed by atoms with Crippen LogP contribution >= 0.6 is 0 Å². The normalized spacial score (nSPS) is 20.6. The molecule has 0 radical (unpaired) electrons. The van der Waals surface area contributed by atoms with Gasteiger partial charge in [0, 0.05) is 6.04 Å². The van der Waals surface area contributed by atoms with E-state index in [2.05, 4.69) is 22.8 Å². The van der Waals surface area contributed by atoms with Crippen LogP contribution in [0.4, 0.5) is 0 Å². The Morgan fingerprint density at radius 1 is 1.14 bits per heavy atom. The maximum Gasteiger partial charge on any atom is 0.235 e. The summed E-state index contributed by atoms with van der Waals surface area (Å²) >= 11 is 0. The van der Waals surface area contributed by atoms with Crippen molar-refractivity contribution in [2.24, 2.45) is 17.1 Å². The van der Waals surface area contributed by atoms with E-state index in [-0.39, 0.29) is 11.9 Å². The lowest BCUT2D eigenvalue weighted by atomic mass is 9.83. The molecule has 2 amide bonds. The Kier molecular flexibility index (Phi) is 7.49. The van der Waals surface area contributed by atoms with Crippen molar-refractivity contribution in [3.8, 4) is 0 Å². The Hall–Kier alpha value is -1.88. The van der Waals surface area contributed by atoms with E-state index in [1.54, 1.807) is 0 Å². The van der Waals surface area contributed by atoms with Gasteiger partial charge < -0.3 is 16.4 Å². The number of benzene rings is 1. The quantitative estimate of drug-likeness (QED) is 0.572. The minimum Gasteiger partial charge on any atom is -0.369 e. The van der Waals surface area contributed by atoms with Crippen LogP contribution in [-0.2, 0) is 16.0 Å². The van der Waals surface area contributed by atoms with Gasteiger partial charge >= 0.3 is 0 Å². The summed E-state index contributed by atoms with van der Waals surface area (Å²) < 4.78 is 0. The van der Waals surface area contributed by atoms with Crippen molar-refractivity contribution in [3.63, 3.8) is 0 Å². The molecule has 5 nitrogen and oxygen atoms in total. The first-order valence-corrected chi connectivity index (χ1v) is 11.0. The summed E-state index contributed by atoms with van der Waals surface area (Å²) in [6.07, 6.45) is 9.53. The fraction of sp³-hybridized carbons (Fsp3) is 0.652. The number of nitrogens with one attached hydrogen (secondary N) is 2. The number of piperidine rings is 1. The van der Waals surface area contributed by atoms with Gasteiger partial charge in [0.25, 0.3) is 0 Å². The molecule has 0 bridgehead atoms. The number of primary amides is 1. The lowest BCUT2D eigenvalue weighted by Crippen LogP contribution is -2.51. The Labute approximate surface area is 168 Å². The third-order valence-electron chi connectivity index (χ3n) is 6.65. The van der Waals surface area contributed by atoms with Gasteiger partial charge in [-0.15, -0.1) is 0 Å². The number of nitrogens with two attached hydrogens (primary N) is 1. The molecule has 0 spiro atoms. The summed E-state index contributed by atoms with van der Waals surface area (Å²) in [5, 5.41) is 6.63. The molecule has 28 heavy (non-hydrogen) atoms. The van der Waals surface area contributed by atoms with Gasteiger partial charge in [0.05, 0.1) is 0 Å². The van der Waals surface area contributed by atoms with Gasteiger partial charge in [-0.25, -0.2) is 0 Å². The molecule has 1 aliphatic heterocycles. The maximum absolute atomic E-state index is 13.1. The molecular weight excluding hydrogens is 350 g/mol. The van der Waals surface area contributed by atoms with E-state index in [1.807, 2.05) is 18.2 Å². The number of amides is 2. The van der Waals surface area contributed by atoms with Crippen LogP contribution in [0.3, 0.4) is 0 Å². The Bertz CT molecular complexity index is 635. The van der Waals surface area contributed by atoms with E-state index >= 15 is 0 Å². The summed E-state index contributed by atoms with van der Waals surface area (Å²) in [5.74, 6) is 0.178. The third-order valence-corrected chi connectivity index (χ3v) is 6.65. The monoisotopic (exact) mass is 385 g/mol. The average molecular weight is 386 g/mol. The first-order chi connectivity index (χ1) is 13.6. The Morgan fingerprint density at radius 2 is 1.82 bits per heavy atom. The summed E-state index contributed by atoms with van der Waals surface area (Å²) in [7, 11) is 0. The molecular formula is C23H35N3O2. The smallest absolute Gasteiger partial charge is 0.235 e. The zero-order chi connectivity index (χ0) is 19.8. The highest BCUT2D eigenvalue weighted by Gasteiger charge is 2.46. The Morgan fingerprint density at radius 3 is 2.46 bits per heavy atom. The van der Waals surface area contributed by atoms with Gasteiger partial charge in [-0.2, -0.15) is 0 Å². The van der Waals surface area contributed by atoms with Crippen LogP contribution < -0.4 is 16.4 Å². The second kappa shape index (κ2) is 10.1. The predicted octanol–water partition coefficient (Wildman–Crippen LogP) is 2.93. The van der Waals surface area contributed by atoms with Crippen LogP contribution in [0.5, 0.6) is 0 Å². The number of rotatable bonds is 9. The second-order valence-electron chi connectivity index (χ2n) is 8.64. The van der Waals surface area contributed by atoms with Crippen molar-refractivity contribution in [2.75, 3.05) is 13.1 Å². The van der Waals surface area contributed by atoms with Gasteiger partial charge in [0.1, 0.15) is 5.41 Å². The maximum atomic E-state index is 13.1. The minimum absolute atomic E-state index is 0.0495. The summed E-state index contributed by atoms with van der Waals surface area (Å²) in [4.78, 5) is 25.1. The second-order valence-corrected chi connectivity index (χ2v) is 8.64. The summed E-state index contributed by atoms with van der Waals surface area (Å²) in [6.45, 7) is 2.24. The highest BCUT2D eigenvalue weighted by molar-refractivity contribution is 6.04. The van der Waals surface area contributed by atoms with Crippen LogP contribution in [0, 0.1) is 11.3 Å². The van der Waals surface area contributed by atoms with Gasteiger partial charge in [-0.05, 0) is 63.1 Å². The third kappa shape index (κ3) is 5.34. The average Bonchev–Trinajstić information content (AvgIpc) is 3.21. The molecule has 1 unspecified atom stereocenters. The molecule has 1 aliphatic carbocycles. The van der Waals surface area contributed by atoms with E-state index in [1.165, 1.54) is 24.8 Å². The van der Waals surface area contributed by atoms with Gasteiger partial charge in [-0.1, -0.05) is 56.0 Å². The van der Waals surface area contributed by atoms with E-state index in [0.29, 0.717) is 12.8 Å². The van der Waals surface area contributed by atoms with Crippen molar-refractivity contribution in [2.45, 2.75) is 70.3 Å². The SMILES string of the molecule is NC(=O)C1(C(=O)NC(CCCC2CCNCC2)Cc2ccccc2)CCCC1. The topological polar surface area (TPSA) is 84.2 Å². The van der Waals surface area contributed by atoms with E-state index in [0.717, 1.165) is 51.1 Å². The number of hydrogen-bond acceptors (Lipinski definition) is 3. The van der Waals surface area contributed by atoms with E-state index in [4.69, 9.17) is 5.73 Å². The van der Waals surface area contributed by atoms with Crippen LogP contribution in [0.2, 0.25) is 0 Å². The molecule has 1 saturated carbocycles. The van der Waals surface area contributed by atoms with Crippen molar-refractivity contribution < 1.29 is 9.59 Å². The predicted molar refractivity (Wildman–Crippen MR) is 112 cm³/mol. The fourth-order valence-corrected chi connectivity index (χ4v) is 4.83. The standard InChI is InChI=1S/C23H35N3O2/c24-21(27)23(13-4-5-14-23)22(28)26-20(17-19-7-2-1-3-8-19)10-6-9-18-11-15-25-16-12-18/h1-3,7-8,18,20,25H,4-6,9-17H2,(H2,24,27)(H,26,28). The molecule has 154 valence electrons. The fourth-order valence-electron chi connectivity index (χ4n) is 4.83. The minimum atomic E-state index is -0.996. The molecule has 1 aromatic carbocycles. The number of carbonyl (C=O) groups is 2. The zero-order valence-electron chi connectivity index (χ0n) is 16.9. The summed E-state index contributed by atoms with van der Waals surface area (Å²) in [6, 6.07) is 10.3. The molecule has 5 heteroatoms. The molecule has 2 fully saturated rings. The molecule has 4 N–H and O–H groups in total. The van der Waals surface area contributed by atoms with Crippen LogP contribution in [0.1, 0.15) is 63.4 Å². The van der Waals surface area contributed by atoms with Crippen molar-refractivity contribution >= 4 is 11.8 Å². The first-order valence-electron chi connectivity index (χ1n) is 11.0. The van der Waals surface area contributed by atoms with E-state index in [9.17, 15) is 9.59 Å². The lowest BCUT2D eigenvalue weighted by molar-refractivity contribution is -0.141. The van der Waals surface area contributed by atoms with Crippen molar-refractivity contribution in [1.82, 2.24) is 10.6 Å². The Balaban J connectivity index is 1.61. The largest absolute Gasteiger partial charge is 0.369 e. The molecule has 2 aliphatic rings. The number of hydrogen-bond donors (Lipinski definition) is 3. The molecule has 1 saturated heterocycles. The van der Waals surface area contributed by atoms with Crippen LogP contribution in [-0.4, -0.2) is 30.9 Å². The van der Waals surface area contributed by atoms with Crippen molar-refractivity contribution in [1.29, 1.82) is 0 Å². The molecule has 1 heterocycles. The highest BCUT2D eigenvalue weighted by Crippen LogP contribution is 2.38. The van der Waals surface area contributed by atoms with Crippen LogP contribution in [0.25, 0.3) is 0 Å². The van der Waals surface area contributed by atoms with Crippen LogP contribution in [0.15, 0.2) is 30.3 Å². The van der Waals surface area contributed by atoms with Gasteiger partial charge in [0.2, 0.25) is 11.8 Å². The first kappa shape index (κ1) is 20.8. The van der Waals surface area contributed by atoms with Gasteiger partial charge in [0.15, 0.2) is 0 Å². The lowest BCUT2D eigenvalue weighted by Gasteiger charge is -2.28.